The van der Waals surface area contributed by atoms with Crippen molar-refractivity contribution in [3.8, 4) is 11.5 Å². The highest BCUT2D eigenvalue weighted by Gasteiger charge is 2.12. The molecule has 0 unspecified atom stereocenters. The number of aliphatic carboxylic acids is 1. The molecule has 112 valence electrons. The first-order valence-corrected chi connectivity index (χ1v) is 6.31. The molecule has 0 aliphatic carbocycles. The van der Waals surface area contributed by atoms with Crippen LogP contribution in [-0.4, -0.2) is 29.1 Å². The maximum absolute atomic E-state index is 12.0. The summed E-state index contributed by atoms with van der Waals surface area (Å²) in [7, 11) is 1.45. The van der Waals surface area contributed by atoms with E-state index in [-0.39, 0.29) is 5.75 Å². The van der Waals surface area contributed by atoms with Gasteiger partial charge in [-0.2, -0.15) is 0 Å². The molecule has 0 aliphatic rings. The van der Waals surface area contributed by atoms with Gasteiger partial charge in [-0.1, -0.05) is 6.07 Å². The number of carboxylic acids is 1. The van der Waals surface area contributed by atoms with Crippen molar-refractivity contribution in [3.63, 3.8) is 0 Å². The van der Waals surface area contributed by atoms with Crippen LogP contribution in [0.1, 0.15) is 15.9 Å². The van der Waals surface area contributed by atoms with Crippen LogP contribution in [0.3, 0.4) is 0 Å². The van der Waals surface area contributed by atoms with Crippen LogP contribution < -0.4 is 9.47 Å². The summed E-state index contributed by atoms with van der Waals surface area (Å²) in [5.41, 5.74) is 0.869. The summed E-state index contributed by atoms with van der Waals surface area (Å²) >= 11 is 0. The number of rotatable bonds is 5. The molecule has 0 fully saturated rings. The van der Waals surface area contributed by atoms with Crippen LogP contribution >= 0.6 is 0 Å². The summed E-state index contributed by atoms with van der Waals surface area (Å²) in [5.74, 6) is -1.08. The Morgan fingerprint density at radius 3 is 2.68 bits per heavy atom. The van der Waals surface area contributed by atoms with Crippen molar-refractivity contribution in [2.45, 2.75) is 0 Å². The van der Waals surface area contributed by atoms with Gasteiger partial charge in [0.05, 0.1) is 12.7 Å². The van der Waals surface area contributed by atoms with Crippen LogP contribution in [0.5, 0.6) is 11.5 Å². The number of pyridine rings is 1. The van der Waals surface area contributed by atoms with E-state index >= 15 is 0 Å². The molecule has 2 aromatic rings. The third-order valence-electron chi connectivity index (χ3n) is 2.71. The average Bonchev–Trinajstić information content (AvgIpc) is 2.54. The molecule has 1 heterocycles. The van der Waals surface area contributed by atoms with Crippen LogP contribution in [0.25, 0.3) is 6.08 Å². The SMILES string of the molecule is COc1ccc(/C=C\C(=O)O)cc1OC(=O)c1cccnc1. The molecule has 0 atom stereocenters. The van der Waals surface area contributed by atoms with E-state index in [4.69, 9.17) is 14.6 Å². The van der Waals surface area contributed by atoms with E-state index in [0.717, 1.165) is 6.08 Å². The van der Waals surface area contributed by atoms with E-state index in [0.29, 0.717) is 16.9 Å². The minimum absolute atomic E-state index is 0.198. The topological polar surface area (TPSA) is 85.7 Å². The van der Waals surface area contributed by atoms with E-state index in [1.54, 1.807) is 30.5 Å². The highest BCUT2D eigenvalue weighted by Crippen LogP contribution is 2.29. The van der Waals surface area contributed by atoms with Gasteiger partial charge in [-0.25, -0.2) is 9.59 Å². The summed E-state index contributed by atoms with van der Waals surface area (Å²) in [5, 5.41) is 8.64. The molecule has 0 saturated carbocycles. The van der Waals surface area contributed by atoms with Gasteiger partial charge < -0.3 is 14.6 Å². The highest BCUT2D eigenvalue weighted by atomic mass is 16.6. The molecule has 2 rings (SSSR count). The number of hydrogen-bond acceptors (Lipinski definition) is 5. The normalized spacial score (nSPS) is 10.4. The Kier molecular flexibility index (Phi) is 4.87. The number of esters is 1. The lowest BCUT2D eigenvalue weighted by molar-refractivity contribution is -0.131. The lowest BCUT2D eigenvalue weighted by Gasteiger charge is -2.09. The van der Waals surface area contributed by atoms with E-state index in [9.17, 15) is 9.59 Å². The van der Waals surface area contributed by atoms with E-state index in [1.807, 2.05) is 0 Å². The van der Waals surface area contributed by atoms with Crippen molar-refractivity contribution >= 4 is 18.0 Å². The fourth-order valence-corrected chi connectivity index (χ4v) is 1.69. The van der Waals surface area contributed by atoms with Crippen molar-refractivity contribution in [3.05, 3.63) is 59.9 Å². The number of carbonyl (C=O) groups excluding carboxylic acids is 1. The summed E-state index contributed by atoms with van der Waals surface area (Å²) in [4.78, 5) is 26.4. The Morgan fingerprint density at radius 2 is 2.05 bits per heavy atom. The monoisotopic (exact) mass is 299 g/mol. The van der Waals surface area contributed by atoms with Crippen LogP contribution in [0.4, 0.5) is 0 Å². The molecule has 0 saturated heterocycles. The quantitative estimate of drug-likeness (QED) is 0.518. The van der Waals surface area contributed by atoms with Crippen molar-refractivity contribution in [1.82, 2.24) is 4.98 Å². The molecule has 1 N–H and O–H groups in total. The average molecular weight is 299 g/mol. The summed E-state index contributed by atoms with van der Waals surface area (Å²) in [6.45, 7) is 0. The maximum atomic E-state index is 12.0. The van der Waals surface area contributed by atoms with Crippen molar-refractivity contribution < 1.29 is 24.2 Å². The van der Waals surface area contributed by atoms with Crippen LogP contribution in [0, 0.1) is 0 Å². The second-order valence-electron chi connectivity index (χ2n) is 4.21. The van der Waals surface area contributed by atoms with Gasteiger partial charge in [0.25, 0.3) is 0 Å². The lowest BCUT2D eigenvalue weighted by atomic mass is 10.2. The first kappa shape index (κ1) is 15.2. The zero-order valence-electron chi connectivity index (χ0n) is 11.7. The minimum atomic E-state index is -1.07. The van der Waals surface area contributed by atoms with Crippen molar-refractivity contribution in [2.24, 2.45) is 0 Å². The number of aromatic nitrogens is 1. The van der Waals surface area contributed by atoms with Gasteiger partial charge >= 0.3 is 11.9 Å². The summed E-state index contributed by atoms with van der Waals surface area (Å²) in [6.07, 6.45) is 5.33. The van der Waals surface area contributed by atoms with Gasteiger partial charge in [-0.05, 0) is 35.9 Å². The first-order valence-electron chi connectivity index (χ1n) is 6.31. The number of nitrogens with zero attached hydrogens (tertiary/aromatic N) is 1. The predicted molar refractivity (Wildman–Crippen MR) is 78.9 cm³/mol. The zero-order chi connectivity index (χ0) is 15.9. The van der Waals surface area contributed by atoms with Gasteiger partial charge in [0.1, 0.15) is 0 Å². The smallest absolute Gasteiger partial charge is 0.345 e. The fraction of sp³-hybridized carbons (Fsp3) is 0.0625. The van der Waals surface area contributed by atoms with Gasteiger partial charge in [0.15, 0.2) is 11.5 Å². The highest BCUT2D eigenvalue weighted by molar-refractivity contribution is 5.91. The zero-order valence-corrected chi connectivity index (χ0v) is 11.7. The minimum Gasteiger partial charge on any atom is -0.493 e. The second kappa shape index (κ2) is 7.03. The van der Waals surface area contributed by atoms with E-state index in [1.165, 1.54) is 25.4 Å². The molecule has 1 aromatic heterocycles. The number of ether oxygens (including phenoxy) is 2. The molecule has 0 bridgehead atoms. The predicted octanol–water partition coefficient (Wildman–Crippen LogP) is 2.41. The van der Waals surface area contributed by atoms with Gasteiger partial charge in [0.2, 0.25) is 0 Å². The van der Waals surface area contributed by atoms with E-state index in [2.05, 4.69) is 4.98 Å². The fourth-order valence-electron chi connectivity index (χ4n) is 1.69. The molecular formula is C16H13NO5. The third-order valence-corrected chi connectivity index (χ3v) is 2.71. The molecule has 6 heteroatoms. The Balaban J connectivity index is 2.26. The van der Waals surface area contributed by atoms with Crippen LogP contribution in [0.15, 0.2) is 48.8 Å². The molecule has 1 aromatic carbocycles. The van der Waals surface area contributed by atoms with Crippen molar-refractivity contribution in [2.75, 3.05) is 7.11 Å². The molecule has 0 spiro atoms. The molecule has 6 nitrogen and oxygen atoms in total. The Bertz CT molecular complexity index is 710. The van der Waals surface area contributed by atoms with Gasteiger partial charge in [-0.15, -0.1) is 0 Å². The number of benzene rings is 1. The number of carbonyl (C=O) groups is 2. The van der Waals surface area contributed by atoms with Gasteiger partial charge in [-0.3, -0.25) is 4.98 Å². The Hall–Kier alpha value is -3.15. The molecule has 0 radical (unpaired) electrons. The third kappa shape index (κ3) is 3.92. The largest absolute Gasteiger partial charge is 0.493 e. The number of methoxy groups -OCH3 is 1. The molecule has 0 aliphatic heterocycles. The standard InChI is InChI=1S/C16H13NO5/c1-21-13-6-4-11(5-7-15(18)19)9-14(13)22-16(20)12-3-2-8-17-10-12/h2-10H,1H3,(H,18,19)/b7-5-. The van der Waals surface area contributed by atoms with E-state index < -0.39 is 11.9 Å². The Morgan fingerprint density at radius 1 is 1.23 bits per heavy atom. The summed E-state index contributed by atoms with van der Waals surface area (Å²) < 4.78 is 10.4. The van der Waals surface area contributed by atoms with Crippen LogP contribution in [0.2, 0.25) is 0 Å². The number of carboxylic acid groups (broad SMARTS) is 1. The molecule has 22 heavy (non-hydrogen) atoms. The first-order chi connectivity index (χ1) is 10.6. The maximum Gasteiger partial charge on any atom is 0.345 e. The Labute approximate surface area is 126 Å². The van der Waals surface area contributed by atoms with Gasteiger partial charge in [0, 0.05) is 18.5 Å². The van der Waals surface area contributed by atoms with Crippen LogP contribution in [-0.2, 0) is 4.79 Å². The lowest BCUT2D eigenvalue weighted by Crippen LogP contribution is -2.09. The molecular weight excluding hydrogens is 286 g/mol. The number of hydrogen-bond donors (Lipinski definition) is 1. The van der Waals surface area contributed by atoms with Crippen molar-refractivity contribution in [1.29, 1.82) is 0 Å². The summed E-state index contributed by atoms with van der Waals surface area (Å²) in [6, 6.07) is 7.97. The molecule has 0 amide bonds. The second-order valence-corrected chi connectivity index (χ2v) is 4.21.